The SMILES string of the molecule is CC[C@H](C)[C@H](N)C(=O)N[C@@H](CC(N)=O)C(=O)N[C@H]1CSC(=O)[C@@H](CC(C)C)NC(=O)[C@H](CC(C)C)NC(=O)[C@H](Cc2ccccc2)NC(=O)[C@H](CC(=O)O)NC1=O. The number of carboxylic acid groups (broad SMARTS) is 1. The second-order valence-electron chi connectivity index (χ2n) is 15.1. The summed E-state index contributed by atoms with van der Waals surface area (Å²) in [6, 6.07) is -1.17. The summed E-state index contributed by atoms with van der Waals surface area (Å²) >= 11 is 0.570. The summed E-state index contributed by atoms with van der Waals surface area (Å²) in [5, 5.41) is 24.2. The Morgan fingerprint density at radius 2 is 1.32 bits per heavy atom. The van der Waals surface area contributed by atoms with E-state index in [-0.39, 0.29) is 37.0 Å². The summed E-state index contributed by atoms with van der Waals surface area (Å²) in [5.74, 6) is -8.93. The smallest absolute Gasteiger partial charge is 0.305 e. The van der Waals surface area contributed by atoms with Gasteiger partial charge in [0.2, 0.25) is 46.5 Å². The highest BCUT2D eigenvalue weighted by Crippen LogP contribution is 2.17. The van der Waals surface area contributed by atoms with Crippen LogP contribution in [-0.2, 0) is 49.6 Å². The van der Waals surface area contributed by atoms with Gasteiger partial charge in [-0.2, -0.15) is 0 Å². The lowest BCUT2D eigenvalue weighted by atomic mass is 9.99. The average molecular weight is 819 g/mol. The fraction of sp³-hybridized carbons (Fsp3) is 0.605. The van der Waals surface area contributed by atoms with E-state index in [2.05, 4.69) is 31.9 Å². The van der Waals surface area contributed by atoms with E-state index in [1.807, 2.05) is 27.7 Å². The van der Waals surface area contributed by atoms with Crippen LogP contribution in [0.2, 0.25) is 0 Å². The van der Waals surface area contributed by atoms with Crippen molar-refractivity contribution in [1.82, 2.24) is 31.9 Å². The largest absolute Gasteiger partial charge is 0.481 e. The van der Waals surface area contributed by atoms with Gasteiger partial charge >= 0.3 is 5.97 Å². The van der Waals surface area contributed by atoms with Gasteiger partial charge in [-0.05, 0) is 36.2 Å². The molecule has 0 aliphatic carbocycles. The van der Waals surface area contributed by atoms with Crippen LogP contribution in [0.1, 0.15) is 79.2 Å². The highest BCUT2D eigenvalue weighted by molar-refractivity contribution is 8.13. The number of primary amides is 1. The van der Waals surface area contributed by atoms with Crippen LogP contribution in [0.3, 0.4) is 0 Å². The Labute approximate surface area is 336 Å². The van der Waals surface area contributed by atoms with E-state index in [1.54, 1.807) is 44.2 Å². The second kappa shape index (κ2) is 23.3. The number of rotatable bonds is 16. The summed E-state index contributed by atoms with van der Waals surface area (Å²) in [6.07, 6.45) is -0.878. The Kier molecular flexibility index (Phi) is 19.6. The number of amides is 7. The van der Waals surface area contributed by atoms with Crippen molar-refractivity contribution in [3.8, 4) is 0 Å². The Balaban J connectivity index is 2.65. The third kappa shape index (κ3) is 16.5. The topological polar surface area (TPSA) is 298 Å². The van der Waals surface area contributed by atoms with Crippen molar-refractivity contribution in [3.05, 3.63) is 35.9 Å². The lowest BCUT2D eigenvalue weighted by Crippen LogP contribution is -2.61. The maximum absolute atomic E-state index is 13.9. The van der Waals surface area contributed by atoms with Crippen LogP contribution in [0.5, 0.6) is 0 Å². The van der Waals surface area contributed by atoms with Crippen LogP contribution < -0.4 is 43.4 Å². The molecule has 1 aliphatic rings. The zero-order chi connectivity index (χ0) is 43.0. The predicted molar refractivity (Wildman–Crippen MR) is 212 cm³/mol. The first-order valence-electron chi connectivity index (χ1n) is 19.0. The molecule has 1 aromatic carbocycles. The van der Waals surface area contributed by atoms with Crippen molar-refractivity contribution in [3.63, 3.8) is 0 Å². The van der Waals surface area contributed by atoms with Crippen LogP contribution in [0.15, 0.2) is 30.3 Å². The highest BCUT2D eigenvalue weighted by atomic mass is 32.2. The van der Waals surface area contributed by atoms with Crippen molar-refractivity contribution < 1.29 is 48.3 Å². The van der Waals surface area contributed by atoms with Crippen LogP contribution in [-0.4, -0.2) is 106 Å². The van der Waals surface area contributed by atoms with E-state index in [1.165, 1.54) is 0 Å². The lowest BCUT2D eigenvalue weighted by molar-refractivity contribution is -0.141. The molecule has 0 aromatic heterocycles. The quantitative estimate of drug-likeness (QED) is 0.0994. The molecular formula is C38H58N8O10S. The summed E-state index contributed by atoms with van der Waals surface area (Å²) in [5.41, 5.74) is 12.0. The molecule has 1 saturated heterocycles. The number of carbonyl (C=O) groups is 9. The van der Waals surface area contributed by atoms with Gasteiger partial charge in [0.1, 0.15) is 30.2 Å². The van der Waals surface area contributed by atoms with Gasteiger partial charge in [-0.15, -0.1) is 0 Å². The monoisotopic (exact) mass is 818 g/mol. The molecule has 11 N–H and O–H groups in total. The van der Waals surface area contributed by atoms with Gasteiger partial charge in [0, 0.05) is 12.2 Å². The minimum atomic E-state index is -1.80. The molecule has 0 bridgehead atoms. The lowest BCUT2D eigenvalue weighted by Gasteiger charge is -2.29. The first-order valence-corrected chi connectivity index (χ1v) is 20.0. The Morgan fingerprint density at radius 1 is 0.789 bits per heavy atom. The molecule has 316 valence electrons. The molecule has 1 aromatic rings. The summed E-state index contributed by atoms with van der Waals surface area (Å²) < 4.78 is 0. The summed E-state index contributed by atoms with van der Waals surface area (Å²) in [6.45, 7) is 10.8. The predicted octanol–water partition coefficient (Wildman–Crippen LogP) is -0.773. The third-order valence-corrected chi connectivity index (χ3v) is 10.3. The van der Waals surface area contributed by atoms with Gasteiger partial charge in [-0.3, -0.25) is 43.2 Å². The summed E-state index contributed by atoms with van der Waals surface area (Å²) in [7, 11) is 0. The van der Waals surface area contributed by atoms with Crippen molar-refractivity contribution in [2.24, 2.45) is 29.2 Å². The van der Waals surface area contributed by atoms with Crippen LogP contribution >= 0.6 is 11.8 Å². The standard InChI is InChI=1S/C38H58N8O10S/c1-7-21(6)31(40)37(55)44-25(16-29(39)47)34(52)46-28-18-57-38(56)27(14-20(4)5)45-32(50)23(13-19(2)3)41-33(51)24(15-22-11-9-8-10-12-22)42-35(53)26(17-30(48)49)43-36(28)54/h8-12,19-21,23-28,31H,7,13-18,40H2,1-6H3,(H2,39,47)(H,41,51)(H,42,53)(H,43,54)(H,44,55)(H,45,50)(H,46,52)(H,48,49)/t21-,23-,24-,25-,26-,27+,28-,31-/m0/s1. The fourth-order valence-corrected chi connectivity index (χ4v) is 6.75. The Hall–Kier alpha value is -5.04. The van der Waals surface area contributed by atoms with Crippen LogP contribution in [0, 0.1) is 17.8 Å². The third-order valence-electron chi connectivity index (χ3n) is 9.20. The van der Waals surface area contributed by atoms with Crippen molar-refractivity contribution in [2.45, 2.75) is 122 Å². The molecule has 2 rings (SSSR count). The van der Waals surface area contributed by atoms with Crippen LogP contribution in [0.4, 0.5) is 0 Å². The van der Waals surface area contributed by atoms with Crippen molar-refractivity contribution >= 4 is 64.2 Å². The van der Waals surface area contributed by atoms with E-state index in [9.17, 15) is 48.3 Å². The second-order valence-corrected chi connectivity index (χ2v) is 16.1. The molecule has 1 heterocycles. The number of thioether (sulfide) groups is 1. The molecule has 1 fully saturated rings. The fourth-order valence-electron chi connectivity index (χ4n) is 5.83. The van der Waals surface area contributed by atoms with E-state index >= 15 is 0 Å². The summed E-state index contributed by atoms with van der Waals surface area (Å²) in [4.78, 5) is 120. The minimum Gasteiger partial charge on any atom is -0.481 e. The molecule has 7 amide bonds. The molecule has 18 nitrogen and oxygen atoms in total. The number of carboxylic acids is 1. The molecule has 1 aliphatic heterocycles. The highest BCUT2D eigenvalue weighted by Gasteiger charge is 2.37. The number of aliphatic carboxylic acids is 1. The van der Waals surface area contributed by atoms with Crippen molar-refractivity contribution in [1.29, 1.82) is 0 Å². The number of hydrogen-bond donors (Lipinski definition) is 9. The maximum Gasteiger partial charge on any atom is 0.305 e. The van der Waals surface area contributed by atoms with E-state index in [4.69, 9.17) is 11.5 Å². The van der Waals surface area contributed by atoms with Crippen LogP contribution in [0.25, 0.3) is 0 Å². The van der Waals surface area contributed by atoms with E-state index in [0.717, 1.165) is 0 Å². The molecule has 0 spiro atoms. The van der Waals surface area contributed by atoms with E-state index < -0.39 is 113 Å². The zero-order valence-electron chi connectivity index (χ0n) is 33.3. The van der Waals surface area contributed by atoms with Gasteiger partial charge in [-0.25, -0.2) is 0 Å². The molecular weight excluding hydrogens is 761 g/mol. The van der Waals surface area contributed by atoms with Gasteiger partial charge in [-0.1, -0.05) is 90.1 Å². The number of benzene rings is 1. The first kappa shape index (κ1) is 48.1. The van der Waals surface area contributed by atoms with Crippen molar-refractivity contribution in [2.75, 3.05) is 5.75 Å². The molecule has 0 radical (unpaired) electrons. The van der Waals surface area contributed by atoms with E-state index in [0.29, 0.717) is 23.7 Å². The first-order chi connectivity index (χ1) is 26.7. The Bertz CT molecular complexity index is 1610. The van der Waals surface area contributed by atoms with Gasteiger partial charge in [0.05, 0.1) is 24.9 Å². The molecule has 19 heteroatoms. The number of hydrogen-bond acceptors (Lipinski definition) is 11. The number of nitrogens with two attached hydrogens (primary N) is 2. The molecule has 0 saturated carbocycles. The zero-order valence-corrected chi connectivity index (χ0v) is 34.1. The minimum absolute atomic E-state index is 0.0837. The average Bonchev–Trinajstić information content (AvgIpc) is 3.13. The normalized spacial score (nSPS) is 23.0. The number of nitrogens with one attached hydrogen (secondary N) is 6. The molecule has 0 unspecified atom stereocenters. The van der Waals surface area contributed by atoms with Gasteiger partial charge < -0.3 is 48.5 Å². The number of carbonyl (C=O) groups excluding carboxylic acids is 8. The maximum atomic E-state index is 13.9. The molecule has 57 heavy (non-hydrogen) atoms. The van der Waals surface area contributed by atoms with Gasteiger partial charge in [0.15, 0.2) is 0 Å². The molecule has 8 atom stereocenters. The van der Waals surface area contributed by atoms with Gasteiger partial charge in [0.25, 0.3) is 0 Å². The Morgan fingerprint density at radius 3 is 1.88 bits per heavy atom.